The van der Waals surface area contributed by atoms with Crippen LogP contribution in [0.15, 0.2) is 66.7 Å². The fourth-order valence-electron chi connectivity index (χ4n) is 2.17. The Labute approximate surface area is 151 Å². The number of pyridine rings is 1. The molecule has 0 saturated heterocycles. The van der Waals surface area contributed by atoms with Gasteiger partial charge in [-0.3, -0.25) is 0 Å². The Morgan fingerprint density at radius 2 is 0.958 bits per heavy atom. The highest BCUT2D eigenvalue weighted by molar-refractivity contribution is 6.30. The van der Waals surface area contributed by atoms with Gasteiger partial charge in [-0.15, -0.1) is 0 Å². The van der Waals surface area contributed by atoms with E-state index >= 15 is 0 Å². The lowest BCUT2D eigenvalue weighted by Gasteiger charge is -1.98. The van der Waals surface area contributed by atoms with Crippen molar-refractivity contribution < 1.29 is 0 Å². The smallest absolute Gasteiger partial charge is 0.0637 e. The van der Waals surface area contributed by atoms with E-state index < -0.39 is 0 Å². The van der Waals surface area contributed by atoms with Crippen LogP contribution in [-0.4, -0.2) is 4.98 Å². The van der Waals surface area contributed by atoms with E-state index in [1.54, 1.807) is 0 Å². The Bertz CT molecular complexity index is 792. The van der Waals surface area contributed by atoms with Crippen molar-refractivity contribution in [1.82, 2.24) is 4.98 Å². The molecule has 0 amide bonds. The first-order valence-corrected chi connectivity index (χ1v) is 8.29. The lowest BCUT2D eigenvalue weighted by atomic mass is 10.2. The van der Waals surface area contributed by atoms with Gasteiger partial charge < -0.3 is 0 Å². The molecule has 0 aliphatic heterocycles. The minimum absolute atomic E-state index is 0.736. The van der Waals surface area contributed by atoms with E-state index in [0.717, 1.165) is 32.6 Å². The summed E-state index contributed by atoms with van der Waals surface area (Å²) in [6.45, 7) is 0. The third kappa shape index (κ3) is 4.82. The first-order valence-electron chi connectivity index (χ1n) is 7.53. The summed E-state index contributed by atoms with van der Waals surface area (Å²) in [6.07, 6.45) is 8.02. The first-order chi connectivity index (χ1) is 11.7. The fraction of sp³-hybridized carbons (Fsp3) is 0. The summed E-state index contributed by atoms with van der Waals surface area (Å²) in [7, 11) is 0. The molecule has 0 bridgehead atoms. The fourth-order valence-corrected chi connectivity index (χ4v) is 2.42. The highest BCUT2D eigenvalue weighted by Gasteiger charge is 1.94. The van der Waals surface area contributed by atoms with Crippen LogP contribution in [0.25, 0.3) is 24.3 Å². The van der Waals surface area contributed by atoms with Gasteiger partial charge in [0.1, 0.15) is 0 Å². The van der Waals surface area contributed by atoms with E-state index in [-0.39, 0.29) is 0 Å². The normalized spacial score (nSPS) is 11.4. The van der Waals surface area contributed by atoms with Crippen molar-refractivity contribution in [2.45, 2.75) is 0 Å². The van der Waals surface area contributed by atoms with Gasteiger partial charge in [0.15, 0.2) is 0 Å². The number of hydrogen-bond acceptors (Lipinski definition) is 1. The maximum atomic E-state index is 5.89. The van der Waals surface area contributed by atoms with Gasteiger partial charge in [-0.1, -0.05) is 65.7 Å². The van der Waals surface area contributed by atoms with Gasteiger partial charge in [-0.25, -0.2) is 4.98 Å². The van der Waals surface area contributed by atoms with Crippen LogP contribution in [0.5, 0.6) is 0 Å². The number of benzene rings is 2. The van der Waals surface area contributed by atoms with Crippen LogP contribution in [0, 0.1) is 0 Å². The van der Waals surface area contributed by atoms with Crippen molar-refractivity contribution in [3.63, 3.8) is 0 Å². The van der Waals surface area contributed by atoms with Gasteiger partial charge in [0, 0.05) is 10.0 Å². The van der Waals surface area contributed by atoms with Gasteiger partial charge in [-0.2, -0.15) is 0 Å². The van der Waals surface area contributed by atoms with E-state index in [1.165, 1.54) is 0 Å². The summed E-state index contributed by atoms with van der Waals surface area (Å²) < 4.78 is 0. The Morgan fingerprint density at radius 1 is 0.542 bits per heavy atom. The Kier molecular flexibility index (Phi) is 5.47. The second kappa shape index (κ2) is 7.96. The lowest BCUT2D eigenvalue weighted by molar-refractivity contribution is 1.27. The van der Waals surface area contributed by atoms with Crippen molar-refractivity contribution in [3.05, 3.63) is 99.3 Å². The maximum absolute atomic E-state index is 5.89. The van der Waals surface area contributed by atoms with Crippen LogP contribution < -0.4 is 0 Å². The van der Waals surface area contributed by atoms with Gasteiger partial charge in [-0.05, 0) is 59.7 Å². The summed E-state index contributed by atoms with van der Waals surface area (Å²) in [5.41, 5.74) is 3.98. The predicted molar refractivity (Wildman–Crippen MR) is 105 cm³/mol. The molecule has 0 aliphatic rings. The van der Waals surface area contributed by atoms with Gasteiger partial charge in [0.2, 0.25) is 0 Å². The van der Waals surface area contributed by atoms with Gasteiger partial charge in [0.25, 0.3) is 0 Å². The highest BCUT2D eigenvalue weighted by atomic mass is 35.5. The Balaban J connectivity index is 1.74. The molecule has 0 unspecified atom stereocenters. The molecule has 1 heterocycles. The third-order valence-corrected chi connectivity index (χ3v) is 3.93. The highest BCUT2D eigenvalue weighted by Crippen LogP contribution is 2.14. The number of halogens is 2. The Hall–Kier alpha value is -2.35. The molecule has 3 rings (SSSR count). The number of aromatic nitrogens is 1. The van der Waals surface area contributed by atoms with E-state index in [1.807, 2.05) is 91.0 Å². The third-order valence-electron chi connectivity index (χ3n) is 3.43. The molecule has 0 N–H and O–H groups in total. The molecule has 0 aliphatic carbocycles. The number of nitrogens with zero attached hydrogens (tertiary/aromatic N) is 1. The summed E-state index contributed by atoms with van der Waals surface area (Å²) in [5.74, 6) is 0. The molecule has 1 aromatic heterocycles. The van der Waals surface area contributed by atoms with Crippen LogP contribution in [0.1, 0.15) is 22.5 Å². The average molecular weight is 352 g/mol. The molecule has 0 saturated carbocycles. The molecule has 3 heteroatoms. The SMILES string of the molecule is Clc1ccc(/C=C/c2cccc(/C=C/c3ccc(Cl)cc3)n2)cc1. The molecule has 3 aromatic rings. The number of hydrogen-bond donors (Lipinski definition) is 0. The van der Waals surface area contributed by atoms with Gasteiger partial charge in [0.05, 0.1) is 11.4 Å². The molecule has 0 atom stereocenters. The van der Waals surface area contributed by atoms with Crippen LogP contribution in [0.4, 0.5) is 0 Å². The first kappa shape index (κ1) is 16.5. The largest absolute Gasteiger partial charge is 0.249 e. The topological polar surface area (TPSA) is 12.9 Å². The second-order valence-electron chi connectivity index (χ2n) is 5.26. The lowest BCUT2D eigenvalue weighted by Crippen LogP contribution is -1.84. The van der Waals surface area contributed by atoms with Crippen molar-refractivity contribution in [2.75, 3.05) is 0 Å². The van der Waals surface area contributed by atoms with Crippen molar-refractivity contribution in [1.29, 1.82) is 0 Å². The molecule has 0 spiro atoms. The van der Waals surface area contributed by atoms with E-state index in [2.05, 4.69) is 4.98 Å². The molecule has 0 radical (unpaired) electrons. The Morgan fingerprint density at radius 3 is 1.38 bits per heavy atom. The van der Waals surface area contributed by atoms with Gasteiger partial charge >= 0.3 is 0 Å². The van der Waals surface area contributed by atoms with E-state index in [9.17, 15) is 0 Å². The monoisotopic (exact) mass is 351 g/mol. The minimum atomic E-state index is 0.736. The quantitative estimate of drug-likeness (QED) is 0.507. The van der Waals surface area contributed by atoms with Crippen LogP contribution in [0.3, 0.4) is 0 Å². The zero-order valence-electron chi connectivity index (χ0n) is 12.9. The molecule has 24 heavy (non-hydrogen) atoms. The maximum Gasteiger partial charge on any atom is 0.0637 e. The van der Waals surface area contributed by atoms with Crippen molar-refractivity contribution in [2.24, 2.45) is 0 Å². The molecule has 2 aromatic carbocycles. The van der Waals surface area contributed by atoms with Crippen LogP contribution in [0.2, 0.25) is 10.0 Å². The summed E-state index contributed by atoms with van der Waals surface area (Å²) >= 11 is 11.8. The molecular formula is C21H15Cl2N. The van der Waals surface area contributed by atoms with Crippen LogP contribution in [-0.2, 0) is 0 Å². The molecule has 0 fully saturated rings. The second-order valence-corrected chi connectivity index (χ2v) is 6.13. The van der Waals surface area contributed by atoms with Crippen molar-refractivity contribution in [3.8, 4) is 0 Å². The zero-order valence-corrected chi connectivity index (χ0v) is 14.4. The summed E-state index contributed by atoms with van der Waals surface area (Å²) in [4.78, 5) is 4.61. The van der Waals surface area contributed by atoms with Crippen LogP contribution >= 0.6 is 23.2 Å². The molecule has 1 nitrogen and oxygen atoms in total. The number of rotatable bonds is 4. The molecule has 118 valence electrons. The minimum Gasteiger partial charge on any atom is -0.249 e. The van der Waals surface area contributed by atoms with E-state index in [0.29, 0.717) is 0 Å². The predicted octanol–water partition coefficient (Wildman–Crippen LogP) is 6.73. The van der Waals surface area contributed by atoms with Crippen molar-refractivity contribution >= 4 is 47.5 Å². The summed E-state index contributed by atoms with van der Waals surface area (Å²) in [5, 5.41) is 1.47. The standard InChI is InChI=1S/C21H15Cl2N/c22-18-10-4-16(5-11-18)8-14-20-2-1-3-21(24-20)15-9-17-6-12-19(23)13-7-17/h1-15H/b14-8+,15-9+. The molecular weight excluding hydrogens is 337 g/mol. The average Bonchev–Trinajstić information content (AvgIpc) is 2.61. The zero-order chi connectivity index (χ0) is 16.8. The van der Waals surface area contributed by atoms with E-state index in [4.69, 9.17) is 23.2 Å². The summed E-state index contributed by atoms with van der Waals surface area (Å²) in [6, 6.07) is 21.4.